The SMILES string of the molecule is Cc1cccc(-c2nc(C#N)c(N3C[C@@H](C)O[C@@H](C)C3)o2)c1. The van der Waals surface area contributed by atoms with Gasteiger partial charge < -0.3 is 14.1 Å². The Morgan fingerprint density at radius 1 is 1.27 bits per heavy atom. The minimum absolute atomic E-state index is 0.0998. The molecule has 1 aromatic heterocycles. The zero-order chi connectivity index (χ0) is 15.7. The molecule has 2 atom stereocenters. The van der Waals surface area contributed by atoms with E-state index in [1.165, 1.54) is 0 Å². The topological polar surface area (TPSA) is 62.3 Å². The molecule has 5 nitrogen and oxygen atoms in total. The summed E-state index contributed by atoms with van der Waals surface area (Å²) in [4.78, 5) is 6.40. The third-order valence-electron chi connectivity index (χ3n) is 3.69. The summed E-state index contributed by atoms with van der Waals surface area (Å²) in [5.74, 6) is 1.03. The van der Waals surface area contributed by atoms with E-state index in [0.717, 1.165) is 11.1 Å². The number of anilines is 1. The Hall–Kier alpha value is -2.32. The molecule has 0 spiro atoms. The van der Waals surface area contributed by atoms with Crippen molar-refractivity contribution < 1.29 is 9.15 Å². The Morgan fingerprint density at radius 3 is 2.64 bits per heavy atom. The van der Waals surface area contributed by atoms with Crippen LogP contribution in [-0.4, -0.2) is 30.3 Å². The van der Waals surface area contributed by atoms with Crippen molar-refractivity contribution >= 4 is 5.88 Å². The molecule has 2 aromatic rings. The van der Waals surface area contributed by atoms with Gasteiger partial charge >= 0.3 is 0 Å². The highest BCUT2D eigenvalue weighted by atomic mass is 16.5. The quantitative estimate of drug-likeness (QED) is 0.852. The van der Waals surface area contributed by atoms with E-state index in [2.05, 4.69) is 11.1 Å². The number of rotatable bonds is 2. The van der Waals surface area contributed by atoms with E-state index < -0.39 is 0 Å². The van der Waals surface area contributed by atoms with E-state index in [9.17, 15) is 5.26 Å². The predicted octanol–water partition coefficient (Wildman–Crippen LogP) is 3.14. The average Bonchev–Trinajstić information content (AvgIpc) is 2.90. The first-order chi connectivity index (χ1) is 10.6. The van der Waals surface area contributed by atoms with Gasteiger partial charge in [-0.1, -0.05) is 17.7 Å². The van der Waals surface area contributed by atoms with Crippen molar-refractivity contribution in [2.75, 3.05) is 18.0 Å². The Bertz CT molecular complexity index is 707. The molecule has 0 bridgehead atoms. The smallest absolute Gasteiger partial charge is 0.235 e. The Balaban J connectivity index is 1.97. The van der Waals surface area contributed by atoms with Gasteiger partial charge in [0.2, 0.25) is 17.5 Å². The Kier molecular flexibility index (Phi) is 3.86. The van der Waals surface area contributed by atoms with Crippen LogP contribution in [0.25, 0.3) is 11.5 Å². The third-order valence-corrected chi connectivity index (χ3v) is 3.69. The minimum atomic E-state index is 0.0998. The van der Waals surface area contributed by atoms with Crippen LogP contribution in [0.3, 0.4) is 0 Å². The summed E-state index contributed by atoms with van der Waals surface area (Å²) in [5, 5.41) is 9.37. The molecule has 114 valence electrons. The third kappa shape index (κ3) is 2.83. The molecule has 2 heterocycles. The summed E-state index contributed by atoms with van der Waals surface area (Å²) < 4.78 is 11.7. The van der Waals surface area contributed by atoms with Crippen molar-refractivity contribution in [1.29, 1.82) is 5.26 Å². The van der Waals surface area contributed by atoms with Gasteiger partial charge in [0.1, 0.15) is 6.07 Å². The first-order valence-electron chi connectivity index (χ1n) is 7.45. The molecular weight excluding hydrogens is 278 g/mol. The lowest BCUT2D eigenvalue weighted by molar-refractivity contribution is -0.00638. The van der Waals surface area contributed by atoms with E-state index in [1.54, 1.807) is 0 Å². The lowest BCUT2D eigenvalue weighted by atomic mass is 10.1. The first-order valence-corrected chi connectivity index (χ1v) is 7.45. The summed E-state index contributed by atoms with van der Waals surface area (Å²) in [6, 6.07) is 10.1. The number of aromatic nitrogens is 1. The van der Waals surface area contributed by atoms with Crippen molar-refractivity contribution in [3.8, 4) is 17.5 Å². The van der Waals surface area contributed by atoms with Gasteiger partial charge in [-0.25, -0.2) is 0 Å². The molecular formula is C17H19N3O2. The molecule has 0 radical (unpaired) electrons. The number of hydrogen-bond donors (Lipinski definition) is 0. The molecule has 0 aliphatic carbocycles. The summed E-state index contributed by atoms with van der Waals surface area (Å²) in [6.07, 6.45) is 0.200. The van der Waals surface area contributed by atoms with E-state index in [1.807, 2.05) is 49.9 Å². The van der Waals surface area contributed by atoms with Gasteiger partial charge in [0.25, 0.3) is 0 Å². The van der Waals surface area contributed by atoms with Gasteiger partial charge in [-0.2, -0.15) is 10.2 Å². The molecule has 0 amide bonds. The second kappa shape index (κ2) is 5.82. The number of nitriles is 1. The molecule has 0 saturated carbocycles. The zero-order valence-corrected chi connectivity index (χ0v) is 13.0. The lowest BCUT2D eigenvalue weighted by Gasteiger charge is -2.34. The number of benzene rings is 1. The van der Waals surface area contributed by atoms with Crippen molar-refractivity contribution in [2.24, 2.45) is 0 Å². The molecule has 0 N–H and O–H groups in total. The maximum Gasteiger partial charge on any atom is 0.235 e. The fourth-order valence-corrected chi connectivity index (χ4v) is 2.84. The van der Waals surface area contributed by atoms with Gasteiger partial charge in [-0.05, 0) is 32.9 Å². The summed E-state index contributed by atoms with van der Waals surface area (Å²) in [6.45, 7) is 7.45. The number of aryl methyl sites for hydroxylation is 1. The highest BCUT2D eigenvalue weighted by Crippen LogP contribution is 2.30. The highest BCUT2D eigenvalue weighted by Gasteiger charge is 2.28. The van der Waals surface area contributed by atoms with Gasteiger partial charge in [0.05, 0.1) is 12.2 Å². The van der Waals surface area contributed by atoms with Crippen molar-refractivity contribution in [3.05, 3.63) is 35.5 Å². The van der Waals surface area contributed by atoms with Crippen LogP contribution in [0.15, 0.2) is 28.7 Å². The van der Waals surface area contributed by atoms with Crippen LogP contribution in [0.2, 0.25) is 0 Å². The van der Waals surface area contributed by atoms with Crippen LogP contribution < -0.4 is 4.90 Å². The van der Waals surface area contributed by atoms with Crippen LogP contribution in [-0.2, 0) is 4.74 Å². The summed E-state index contributed by atoms with van der Waals surface area (Å²) in [7, 11) is 0. The summed E-state index contributed by atoms with van der Waals surface area (Å²) >= 11 is 0. The molecule has 1 aromatic carbocycles. The van der Waals surface area contributed by atoms with E-state index in [4.69, 9.17) is 9.15 Å². The van der Waals surface area contributed by atoms with E-state index in [0.29, 0.717) is 30.6 Å². The van der Waals surface area contributed by atoms with Gasteiger partial charge in [-0.15, -0.1) is 0 Å². The molecule has 1 saturated heterocycles. The molecule has 5 heteroatoms. The van der Waals surface area contributed by atoms with Crippen LogP contribution in [0.5, 0.6) is 0 Å². The largest absolute Gasteiger partial charge is 0.419 e. The average molecular weight is 297 g/mol. The standard InChI is InChI=1S/C17H19N3O2/c1-11-5-4-6-14(7-11)16-19-15(8-18)17(22-16)20-9-12(2)21-13(3)10-20/h4-7,12-13H,9-10H2,1-3H3/t12-,13+. The molecule has 1 aliphatic heterocycles. The summed E-state index contributed by atoms with van der Waals surface area (Å²) in [5.41, 5.74) is 2.35. The van der Waals surface area contributed by atoms with Gasteiger partial charge in [0.15, 0.2) is 0 Å². The molecule has 0 unspecified atom stereocenters. The van der Waals surface area contributed by atoms with E-state index >= 15 is 0 Å². The van der Waals surface area contributed by atoms with Crippen LogP contribution in [0.1, 0.15) is 25.1 Å². The molecule has 1 fully saturated rings. The predicted molar refractivity (Wildman–Crippen MR) is 83.6 cm³/mol. The fraction of sp³-hybridized carbons (Fsp3) is 0.412. The van der Waals surface area contributed by atoms with Crippen LogP contribution in [0, 0.1) is 18.3 Å². The fourth-order valence-electron chi connectivity index (χ4n) is 2.84. The monoisotopic (exact) mass is 297 g/mol. The Labute approximate surface area is 130 Å². The normalized spacial score (nSPS) is 21.6. The second-order valence-electron chi connectivity index (χ2n) is 5.82. The maximum absolute atomic E-state index is 9.37. The van der Waals surface area contributed by atoms with Gasteiger partial charge in [0, 0.05) is 18.7 Å². The second-order valence-corrected chi connectivity index (χ2v) is 5.82. The molecule has 3 rings (SSSR count). The van der Waals surface area contributed by atoms with Crippen molar-refractivity contribution in [3.63, 3.8) is 0 Å². The number of ether oxygens (including phenoxy) is 1. The highest BCUT2D eigenvalue weighted by molar-refractivity contribution is 5.60. The number of oxazole rings is 1. The van der Waals surface area contributed by atoms with Crippen LogP contribution in [0.4, 0.5) is 5.88 Å². The van der Waals surface area contributed by atoms with E-state index in [-0.39, 0.29) is 12.2 Å². The zero-order valence-electron chi connectivity index (χ0n) is 13.0. The van der Waals surface area contributed by atoms with Gasteiger partial charge in [-0.3, -0.25) is 0 Å². The molecule has 22 heavy (non-hydrogen) atoms. The van der Waals surface area contributed by atoms with Crippen LogP contribution >= 0.6 is 0 Å². The number of morpholine rings is 1. The number of hydrogen-bond acceptors (Lipinski definition) is 5. The van der Waals surface area contributed by atoms with Crippen molar-refractivity contribution in [1.82, 2.24) is 4.98 Å². The Morgan fingerprint density at radius 2 is 2.00 bits per heavy atom. The first kappa shape index (κ1) is 14.6. The molecule has 1 aliphatic rings. The minimum Gasteiger partial charge on any atom is -0.419 e. The van der Waals surface area contributed by atoms with Crippen molar-refractivity contribution in [2.45, 2.75) is 33.0 Å². The maximum atomic E-state index is 9.37. The lowest BCUT2D eigenvalue weighted by Crippen LogP contribution is -2.45. The number of nitrogens with zero attached hydrogens (tertiary/aromatic N) is 3.